The molecule has 2 N–H and O–H groups in total. The first-order valence-corrected chi connectivity index (χ1v) is 2.19. The Morgan fingerprint density at radius 2 is 1.00 bits per heavy atom. The van der Waals surface area contributed by atoms with Crippen molar-refractivity contribution < 1.29 is 40.9 Å². The van der Waals surface area contributed by atoms with Gasteiger partial charge in [-0.3, -0.25) is 9.13 Å². The van der Waals surface area contributed by atoms with Gasteiger partial charge in [0.2, 0.25) is 0 Å². The molecule has 0 rings (SSSR count). The van der Waals surface area contributed by atoms with Crippen molar-refractivity contribution in [3.05, 3.63) is 0 Å². The van der Waals surface area contributed by atoms with Gasteiger partial charge in [-0.05, 0) is 0 Å². The predicted octanol–water partition coefficient (Wildman–Crippen LogP) is -1.72. The molecule has 0 aromatic rings. The maximum atomic E-state index is 8.35. The van der Waals surface area contributed by atoms with Crippen LogP contribution in [0.1, 0.15) is 0 Å². The molecule has 0 bridgehead atoms. The molecule has 52 valence electrons. The third-order valence-corrected chi connectivity index (χ3v) is 0. The molecule has 0 aromatic carbocycles. The first-order chi connectivity index (χ1) is 2.83. The van der Waals surface area contributed by atoms with Gasteiger partial charge in [0.15, 0.2) is 0 Å². The molecule has 0 saturated heterocycles. The Balaban J connectivity index is -0.0000000160. The molecule has 0 aromatic heterocycles. The van der Waals surface area contributed by atoms with Gasteiger partial charge in [0, 0.05) is 0 Å². The second-order valence-corrected chi connectivity index (χ2v) is 0.447. The van der Waals surface area contributed by atoms with E-state index >= 15 is 0 Å². The Hall–Kier alpha value is 0.574. The molecule has 0 aliphatic heterocycles. The van der Waals surface area contributed by atoms with Gasteiger partial charge in [0.05, 0.1) is 17.4 Å². The third-order valence-electron chi connectivity index (χ3n) is 0. The molecule has 8 heavy (non-hydrogen) atoms. The first-order valence-electron chi connectivity index (χ1n) is 0.730. The summed E-state index contributed by atoms with van der Waals surface area (Å²) in [4.78, 5) is 16.7. The summed E-state index contributed by atoms with van der Waals surface area (Å²) in [6.07, 6.45) is 0. The summed E-state index contributed by atoms with van der Waals surface area (Å²) in [6, 6.07) is 0. The van der Waals surface area contributed by atoms with Crippen molar-refractivity contribution in [3.63, 3.8) is 0 Å². The Morgan fingerprint density at radius 3 is 1.00 bits per heavy atom. The molecular formula is H2NiO5P2. The van der Waals surface area contributed by atoms with Crippen LogP contribution in [0.25, 0.3) is 0 Å². The second-order valence-electron chi connectivity index (χ2n) is 0.149. The molecule has 0 amide bonds. The van der Waals surface area contributed by atoms with E-state index in [2.05, 4.69) is 0 Å². The zero-order valence-electron chi connectivity index (χ0n) is 3.34. The molecular weight excluding hydrogens is 201 g/mol. The predicted molar refractivity (Wildman–Crippen MR) is 18.8 cm³/mol. The van der Waals surface area contributed by atoms with Crippen LogP contribution in [0.15, 0.2) is 0 Å². The fraction of sp³-hybridized carbons (Fsp3) is 0. The molecule has 0 fully saturated rings. The van der Waals surface area contributed by atoms with E-state index in [1.807, 2.05) is 0 Å². The molecule has 0 aliphatic carbocycles. The minimum Gasteiger partial charge on any atom is -0.772 e. The van der Waals surface area contributed by atoms with E-state index in [1.165, 1.54) is 0 Å². The molecule has 0 heterocycles. The number of rotatable bonds is 0. The minimum atomic E-state index is -1.08. The minimum absolute atomic E-state index is 0. The standard InChI is InChI=1S/Ni.2HO2P.H2O/c;2*1-3-2;/h;2*(H,1,2);1H2/q+2;;;/p-2. The summed E-state index contributed by atoms with van der Waals surface area (Å²) >= 11 is 0. The van der Waals surface area contributed by atoms with Crippen molar-refractivity contribution in [1.29, 1.82) is 0 Å². The van der Waals surface area contributed by atoms with Crippen LogP contribution in [0, 0.1) is 0 Å². The van der Waals surface area contributed by atoms with Gasteiger partial charge in [-0.2, -0.15) is 0 Å². The van der Waals surface area contributed by atoms with Gasteiger partial charge in [-0.15, -0.1) is 0 Å². The van der Waals surface area contributed by atoms with E-state index < -0.39 is 17.4 Å². The Bertz CT molecular complexity index is 31.4. The van der Waals surface area contributed by atoms with Crippen molar-refractivity contribution in [2.75, 3.05) is 0 Å². The van der Waals surface area contributed by atoms with E-state index in [1.54, 1.807) is 0 Å². The van der Waals surface area contributed by atoms with Crippen molar-refractivity contribution in [2.24, 2.45) is 0 Å². The molecule has 8 heteroatoms. The van der Waals surface area contributed by atoms with Crippen molar-refractivity contribution in [1.82, 2.24) is 0 Å². The third kappa shape index (κ3) is 621. The Morgan fingerprint density at radius 1 is 1.00 bits per heavy atom. The SMILES string of the molecule is O.O=P[O-].O=P[O-].[Ni+2]. The molecule has 0 saturated carbocycles. The quantitative estimate of drug-likeness (QED) is 0.344. The second kappa shape index (κ2) is 49.4. The normalized spacial score (nSPS) is 5.25. The van der Waals surface area contributed by atoms with Crippen LogP contribution in [-0.2, 0) is 25.6 Å². The monoisotopic (exact) mass is 202 g/mol. The molecule has 0 spiro atoms. The summed E-state index contributed by atoms with van der Waals surface area (Å²) in [5, 5.41) is 0. The van der Waals surface area contributed by atoms with E-state index in [4.69, 9.17) is 18.9 Å². The van der Waals surface area contributed by atoms with Gasteiger partial charge >= 0.3 is 16.5 Å². The molecule has 0 unspecified atom stereocenters. The average molecular weight is 203 g/mol. The van der Waals surface area contributed by atoms with E-state index in [9.17, 15) is 0 Å². The number of hydrogen-bond acceptors (Lipinski definition) is 4. The van der Waals surface area contributed by atoms with E-state index in [-0.39, 0.29) is 22.0 Å². The summed E-state index contributed by atoms with van der Waals surface area (Å²) in [5.74, 6) is 0. The van der Waals surface area contributed by atoms with Crippen LogP contribution in [0.5, 0.6) is 0 Å². The van der Waals surface area contributed by atoms with Crippen LogP contribution >= 0.6 is 17.4 Å². The zero-order valence-corrected chi connectivity index (χ0v) is 6.12. The van der Waals surface area contributed by atoms with E-state index in [0.29, 0.717) is 0 Å². The summed E-state index contributed by atoms with van der Waals surface area (Å²) in [6.45, 7) is 0. The Labute approximate surface area is 58.9 Å². The van der Waals surface area contributed by atoms with Gasteiger partial charge in [-0.1, -0.05) is 0 Å². The number of hydrogen-bond donors (Lipinski definition) is 0. The summed E-state index contributed by atoms with van der Waals surface area (Å²) in [5.41, 5.74) is 0. The van der Waals surface area contributed by atoms with Crippen LogP contribution in [0.3, 0.4) is 0 Å². The summed E-state index contributed by atoms with van der Waals surface area (Å²) < 4.78 is 16.7. The van der Waals surface area contributed by atoms with Crippen LogP contribution in [0.2, 0.25) is 0 Å². The molecule has 0 radical (unpaired) electrons. The van der Waals surface area contributed by atoms with Crippen molar-refractivity contribution in [2.45, 2.75) is 0 Å². The molecule has 5 nitrogen and oxygen atoms in total. The van der Waals surface area contributed by atoms with Crippen LogP contribution < -0.4 is 9.79 Å². The maximum absolute atomic E-state index is 8.35. The molecule has 0 aliphatic rings. The van der Waals surface area contributed by atoms with Gasteiger partial charge < -0.3 is 15.3 Å². The fourth-order valence-electron chi connectivity index (χ4n) is 0. The first kappa shape index (κ1) is 23.5. The van der Waals surface area contributed by atoms with Crippen molar-refractivity contribution >= 4 is 17.4 Å². The average Bonchev–Trinajstić information content (AvgIpc) is 1.39. The van der Waals surface area contributed by atoms with Crippen LogP contribution in [-0.4, -0.2) is 5.48 Å². The topological polar surface area (TPSA) is 112 Å². The fourth-order valence-corrected chi connectivity index (χ4v) is 0. The van der Waals surface area contributed by atoms with Gasteiger partial charge in [0.1, 0.15) is 0 Å². The smallest absolute Gasteiger partial charge is 0.772 e. The maximum Gasteiger partial charge on any atom is 2.00 e. The zero-order chi connectivity index (χ0) is 5.41. The Kier molecular flexibility index (Phi) is 145. The largest absolute Gasteiger partial charge is 2.00 e. The van der Waals surface area contributed by atoms with Crippen molar-refractivity contribution in [3.8, 4) is 0 Å². The summed E-state index contributed by atoms with van der Waals surface area (Å²) in [7, 11) is -2.17. The van der Waals surface area contributed by atoms with Gasteiger partial charge in [-0.25, -0.2) is 0 Å². The van der Waals surface area contributed by atoms with Gasteiger partial charge in [0.25, 0.3) is 0 Å². The van der Waals surface area contributed by atoms with E-state index in [0.717, 1.165) is 0 Å². The van der Waals surface area contributed by atoms with Crippen LogP contribution in [0.4, 0.5) is 0 Å². The molecule has 0 atom stereocenters.